The van der Waals surface area contributed by atoms with E-state index in [-0.39, 0.29) is 11.5 Å². The Kier molecular flexibility index (Phi) is 5.34. The summed E-state index contributed by atoms with van der Waals surface area (Å²) in [5.74, 6) is -0.380. The predicted molar refractivity (Wildman–Crippen MR) is 102 cm³/mol. The molecule has 134 valence electrons. The van der Waals surface area contributed by atoms with Crippen LogP contribution in [0.1, 0.15) is 25.7 Å². The van der Waals surface area contributed by atoms with Crippen LogP contribution in [0.4, 0.5) is 5.69 Å². The number of nitrogens with zero attached hydrogens (tertiary/aromatic N) is 1. The highest BCUT2D eigenvalue weighted by Crippen LogP contribution is 2.32. The SMILES string of the molecule is COC(=O)c1cc(OC)ccc1NC(=O)c1sc(-c2cccs2)nc1C. The highest BCUT2D eigenvalue weighted by atomic mass is 32.1. The standard InChI is InChI=1S/C18H16N2O4S2/c1-10-15(26-17(19-10)14-5-4-8-25-14)16(21)20-13-7-6-11(23-2)9-12(13)18(22)24-3/h4-9H,1-3H3,(H,20,21). The molecule has 0 saturated heterocycles. The Morgan fingerprint density at radius 1 is 1.19 bits per heavy atom. The number of methoxy groups -OCH3 is 2. The molecule has 0 fully saturated rings. The molecule has 3 rings (SSSR count). The van der Waals surface area contributed by atoms with Gasteiger partial charge in [0.15, 0.2) is 0 Å². The fraction of sp³-hybridized carbons (Fsp3) is 0.167. The van der Waals surface area contributed by atoms with E-state index in [0.717, 1.165) is 9.88 Å². The van der Waals surface area contributed by atoms with E-state index in [1.54, 1.807) is 30.4 Å². The van der Waals surface area contributed by atoms with Gasteiger partial charge in [-0.25, -0.2) is 9.78 Å². The lowest BCUT2D eigenvalue weighted by molar-refractivity contribution is 0.0601. The Labute approximate surface area is 158 Å². The average Bonchev–Trinajstić information content (AvgIpc) is 3.30. The Hall–Kier alpha value is -2.71. The van der Waals surface area contributed by atoms with Crippen molar-refractivity contribution in [1.82, 2.24) is 4.98 Å². The van der Waals surface area contributed by atoms with Crippen molar-refractivity contribution in [2.75, 3.05) is 19.5 Å². The summed E-state index contributed by atoms with van der Waals surface area (Å²) in [7, 11) is 2.79. The molecule has 26 heavy (non-hydrogen) atoms. The summed E-state index contributed by atoms with van der Waals surface area (Å²) < 4.78 is 9.92. The van der Waals surface area contributed by atoms with Crippen LogP contribution in [0.15, 0.2) is 35.7 Å². The molecule has 0 unspecified atom stereocenters. The molecular weight excluding hydrogens is 372 g/mol. The number of rotatable bonds is 5. The van der Waals surface area contributed by atoms with Gasteiger partial charge in [0.1, 0.15) is 15.6 Å². The number of benzene rings is 1. The van der Waals surface area contributed by atoms with Crippen molar-refractivity contribution in [1.29, 1.82) is 0 Å². The maximum Gasteiger partial charge on any atom is 0.340 e. The van der Waals surface area contributed by atoms with Crippen LogP contribution >= 0.6 is 22.7 Å². The Morgan fingerprint density at radius 3 is 2.65 bits per heavy atom. The summed E-state index contributed by atoms with van der Waals surface area (Å²) in [6, 6.07) is 8.70. The largest absolute Gasteiger partial charge is 0.497 e. The summed E-state index contributed by atoms with van der Waals surface area (Å²) in [6.07, 6.45) is 0. The molecule has 2 heterocycles. The van der Waals surface area contributed by atoms with E-state index < -0.39 is 5.97 Å². The highest BCUT2D eigenvalue weighted by Gasteiger charge is 2.20. The van der Waals surface area contributed by atoms with Crippen LogP contribution in [0.25, 0.3) is 9.88 Å². The van der Waals surface area contributed by atoms with Crippen LogP contribution < -0.4 is 10.1 Å². The minimum Gasteiger partial charge on any atom is -0.497 e. The zero-order chi connectivity index (χ0) is 18.7. The van der Waals surface area contributed by atoms with Gasteiger partial charge in [-0.2, -0.15) is 0 Å². The first kappa shape index (κ1) is 18.1. The molecule has 0 bridgehead atoms. The van der Waals surface area contributed by atoms with Crippen molar-refractivity contribution in [3.8, 4) is 15.6 Å². The van der Waals surface area contributed by atoms with E-state index >= 15 is 0 Å². The van der Waals surface area contributed by atoms with Crippen molar-refractivity contribution in [2.24, 2.45) is 0 Å². The second-order valence-corrected chi connectivity index (χ2v) is 7.21. The van der Waals surface area contributed by atoms with Gasteiger partial charge in [-0.3, -0.25) is 4.79 Å². The third kappa shape index (κ3) is 3.61. The Bertz CT molecular complexity index is 948. The summed E-state index contributed by atoms with van der Waals surface area (Å²) in [5.41, 5.74) is 1.22. The monoisotopic (exact) mass is 388 g/mol. The van der Waals surface area contributed by atoms with Crippen LogP contribution in [0, 0.1) is 6.92 Å². The van der Waals surface area contributed by atoms with Gasteiger partial charge in [0.25, 0.3) is 5.91 Å². The molecular formula is C18H16N2O4S2. The number of thiazole rings is 1. The summed E-state index contributed by atoms with van der Waals surface area (Å²) in [4.78, 5) is 30.7. The number of nitrogens with one attached hydrogen (secondary N) is 1. The second kappa shape index (κ2) is 7.67. The predicted octanol–water partition coefficient (Wildman–Crippen LogP) is 4.23. The quantitative estimate of drug-likeness (QED) is 0.662. The molecule has 1 aromatic carbocycles. The highest BCUT2D eigenvalue weighted by molar-refractivity contribution is 7.22. The normalized spacial score (nSPS) is 10.4. The average molecular weight is 388 g/mol. The van der Waals surface area contributed by atoms with Gasteiger partial charge < -0.3 is 14.8 Å². The van der Waals surface area contributed by atoms with Crippen LogP contribution in [-0.4, -0.2) is 31.1 Å². The van der Waals surface area contributed by atoms with E-state index in [9.17, 15) is 9.59 Å². The maximum atomic E-state index is 12.7. The van der Waals surface area contributed by atoms with Crippen LogP contribution in [0.5, 0.6) is 5.75 Å². The molecule has 0 spiro atoms. The van der Waals surface area contributed by atoms with Crippen LogP contribution in [0.2, 0.25) is 0 Å². The smallest absolute Gasteiger partial charge is 0.340 e. The van der Waals surface area contributed by atoms with Gasteiger partial charge in [0, 0.05) is 0 Å². The van der Waals surface area contributed by atoms with Crippen molar-refractivity contribution >= 4 is 40.2 Å². The first-order valence-electron chi connectivity index (χ1n) is 7.62. The van der Waals surface area contributed by atoms with E-state index in [1.165, 1.54) is 31.6 Å². The molecule has 0 radical (unpaired) electrons. The van der Waals surface area contributed by atoms with Gasteiger partial charge >= 0.3 is 5.97 Å². The van der Waals surface area contributed by atoms with E-state index in [2.05, 4.69) is 10.3 Å². The number of anilines is 1. The van der Waals surface area contributed by atoms with Gasteiger partial charge in [-0.05, 0) is 36.6 Å². The number of esters is 1. The number of aromatic nitrogens is 1. The van der Waals surface area contributed by atoms with Gasteiger partial charge in [-0.15, -0.1) is 22.7 Å². The number of carbonyl (C=O) groups is 2. The zero-order valence-corrected chi connectivity index (χ0v) is 16.0. The van der Waals surface area contributed by atoms with Gasteiger partial charge in [0.05, 0.1) is 36.0 Å². The fourth-order valence-corrected chi connectivity index (χ4v) is 4.09. The number of hydrogen-bond donors (Lipinski definition) is 1. The third-order valence-corrected chi connectivity index (χ3v) is 5.81. The molecule has 0 saturated carbocycles. The minimum atomic E-state index is -0.556. The number of amides is 1. The van der Waals surface area contributed by atoms with E-state index in [0.29, 0.717) is 22.0 Å². The summed E-state index contributed by atoms with van der Waals surface area (Å²) >= 11 is 2.89. The Morgan fingerprint density at radius 2 is 2.00 bits per heavy atom. The van der Waals surface area contributed by atoms with E-state index in [4.69, 9.17) is 9.47 Å². The molecule has 8 heteroatoms. The topological polar surface area (TPSA) is 77.5 Å². The lowest BCUT2D eigenvalue weighted by Gasteiger charge is -2.11. The van der Waals surface area contributed by atoms with Crippen molar-refractivity contribution < 1.29 is 19.1 Å². The molecule has 0 atom stereocenters. The molecule has 3 aromatic rings. The molecule has 1 N–H and O–H groups in total. The lowest BCUT2D eigenvalue weighted by Crippen LogP contribution is -2.15. The summed E-state index contributed by atoms with van der Waals surface area (Å²) in [6.45, 7) is 1.79. The second-order valence-electron chi connectivity index (χ2n) is 5.27. The van der Waals surface area contributed by atoms with Gasteiger partial charge in [0.2, 0.25) is 0 Å². The maximum absolute atomic E-state index is 12.7. The minimum absolute atomic E-state index is 0.223. The molecule has 2 aromatic heterocycles. The van der Waals surface area contributed by atoms with E-state index in [1.807, 2.05) is 17.5 Å². The number of ether oxygens (including phenoxy) is 2. The van der Waals surface area contributed by atoms with Gasteiger partial charge in [-0.1, -0.05) is 6.07 Å². The van der Waals surface area contributed by atoms with Crippen molar-refractivity contribution in [2.45, 2.75) is 6.92 Å². The molecule has 1 amide bonds. The van der Waals surface area contributed by atoms with Crippen molar-refractivity contribution in [3.63, 3.8) is 0 Å². The number of hydrogen-bond acceptors (Lipinski definition) is 7. The number of aryl methyl sites for hydroxylation is 1. The number of carbonyl (C=O) groups excluding carboxylic acids is 2. The summed E-state index contributed by atoms with van der Waals surface area (Å²) in [5, 5.41) is 5.53. The Balaban J connectivity index is 1.90. The fourth-order valence-electron chi connectivity index (χ4n) is 2.33. The molecule has 6 nitrogen and oxygen atoms in total. The molecule has 0 aliphatic rings. The van der Waals surface area contributed by atoms with Crippen LogP contribution in [-0.2, 0) is 4.74 Å². The molecule has 0 aliphatic carbocycles. The third-order valence-electron chi connectivity index (χ3n) is 3.62. The lowest BCUT2D eigenvalue weighted by atomic mass is 10.1. The van der Waals surface area contributed by atoms with Crippen molar-refractivity contribution in [3.05, 3.63) is 51.8 Å². The number of thiophene rings is 1. The molecule has 0 aliphatic heterocycles. The first-order chi connectivity index (χ1) is 12.5. The zero-order valence-electron chi connectivity index (χ0n) is 14.4. The first-order valence-corrected chi connectivity index (χ1v) is 9.32. The van der Waals surface area contributed by atoms with Crippen LogP contribution in [0.3, 0.4) is 0 Å².